The van der Waals surface area contributed by atoms with Crippen LogP contribution >= 0.6 is 0 Å². The summed E-state index contributed by atoms with van der Waals surface area (Å²) in [4.78, 5) is 24.3. The van der Waals surface area contributed by atoms with Gasteiger partial charge in [0.05, 0.1) is 12.8 Å². The van der Waals surface area contributed by atoms with Crippen molar-refractivity contribution in [2.24, 2.45) is 0 Å². The van der Waals surface area contributed by atoms with Crippen LogP contribution in [0.2, 0.25) is 0 Å². The van der Waals surface area contributed by atoms with Crippen molar-refractivity contribution in [3.8, 4) is 0 Å². The number of esters is 2. The number of ether oxygens (including phenoxy) is 2. The molecular formula is C20H31NO4. The summed E-state index contributed by atoms with van der Waals surface area (Å²) >= 11 is 0. The van der Waals surface area contributed by atoms with Crippen molar-refractivity contribution in [2.75, 3.05) is 0 Å². The van der Waals surface area contributed by atoms with Crippen molar-refractivity contribution in [2.45, 2.75) is 78.2 Å². The number of hydrogen-bond donors (Lipinski definition) is 1. The summed E-state index contributed by atoms with van der Waals surface area (Å²) in [6.45, 7) is 11.5. The Bertz CT molecular complexity index is 525. The van der Waals surface area contributed by atoms with Gasteiger partial charge < -0.3 is 14.8 Å². The highest BCUT2D eigenvalue weighted by Crippen LogP contribution is 2.14. The largest absolute Gasteiger partial charge is 0.460 e. The molecule has 0 saturated heterocycles. The normalized spacial score (nSPS) is 12.1. The van der Waals surface area contributed by atoms with E-state index in [9.17, 15) is 9.59 Å². The highest BCUT2D eigenvalue weighted by molar-refractivity contribution is 5.74. The summed E-state index contributed by atoms with van der Waals surface area (Å²) in [5.41, 5.74) is -0.0131. The van der Waals surface area contributed by atoms with Gasteiger partial charge in [0.1, 0.15) is 11.2 Å². The van der Waals surface area contributed by atoms with Gasteiger partial charge in [0.15, 0.2) is 0 Å². The monoisotopic (exact) mass is 349 g/mol. The summed E-state index contributed by atoms with van der Waals surface area (Å²) in [5, 5.41) is 3.27. The van der Waals surface area contributed by atoms with E-state index in [4.69, 9.17) is 9.47 Å². The minimum absolute atomic E-state index is 0.114. The first-order valence-corrected chi connectivity index (χ1v) is 8.65. The summed E-state index contributed by atoms with van der Waals surface area (Å²) in [7, 11) is 0. The van der Waals surface area contributed by atoms with E-state index < -0.39 is 11.2 Å². The molecule has 0 aliphatic heterocycles. The second-order valence-corrected chi connectivity index (χ2v) is 8.14. The lowest BCUT2D eigenvalue weighted by Crippen LogP contribution is -2.37. The third-order valence-corrected chi connectivity index (χ3v) is 3.10. The van der Waals surface area contributed by atoms with Crippen molar-refractivity contribution in [3.05, 3.63) is 35.9 Å². The molecule has 0 fully saturated rings. The van der Waals surface area contributed by atoms with E-state index in [1.165, 1.54) is 0 Å². The third kappa shape index (κ3) is 10.6. The molecule has 1 aromatic rings. The van der Waals surface area contributed by atoms with Gasteiger partial charge in [0.25, 0.3) is 0 Å². The van der Waals surface area contributed by atoms with Crippen LogP contribution in [0.5, 0.6) is 0 Å². The average molecular weight is 349 g/mol. The van der Waals surface area contributed by atoms with Crippen molar-refractivity contribution < 1.29 is 19.1 Å². The van der Waals surface area contributed by atoms with Crippen LogP contribution in [0.3, 0.4) is 0 Å². The van der Waals surface area contributed by atoms with E-state index in [1.807, 2.05) is 71.9 Å². The number of rotatable bonds is 7. The highest BCUT2D eigenvalue weighted by Gasteiger charge is 2.24. The standard InChI is InChI=1S/C20H31NO4/c1-19(2,3)24-17(22)12-16(13-18(23)25-20(4,5)6)21-14-15-10-8-7-9-11-15/h7-11,16,21H,12-14H2,1-6H3. The lowest BCUT2D eigenvalue weighted by molar-refractivity contribution is -0.157. The molecule has 0 aliphatic carbocycles. The fourth-order valence-corrected chi connectivity index (χ4v) is 2.24. The summed E-state index contributed by atoms with van der Waals surface area (Å²) in [6, 6.07) is 9.49. The zero-order valence-electron chi connectivity index (χ0n) is 16.2. The molecule has 0 heterocycles. The van der Waals surface area contributed by atoms with E-state index in [2.05, 4.69) is 5.32 Å². The summed E-state index contributed by atoms with van der Waals surface area (Å²) in [5.74, 6) is -0.664. The fourth-order valence-electron chi connectivity index (χ4n) is 2.24. The molecule has 0 radical (unpaired) electrons. The van der Waals surface area contributed by atoms with Gasteiger partial charge in [-0.3, -0.25) is 9.59 Å². The molecule has 0 aliphatic rings. The lowest BCUT2D eigenvalue weighted by atomic mass is 10.1. The highest BCUT2D eigenvalue weighted by atomic mass is 16.6. The summed E-state index contributed by atoms with van der Waals surface area (Å²) in [6.07, 6.45) is 0.229. The molecule has 1 N–H and O–H groups in total. The molecule has 0 saturated carbocycles. The molecule has 0 bridgehead atoms. The predicted molar refractivity (Wildman–Crippen MR) is 98.0 cm³/mol. The van der Waals surface area contributed by atoms with E-state index in [-0.39, 0.29) is 30.8 Å². The van der Waals surface area contributed by atoms with Crippen molar-refractivity contribution in [1.82, 2.24) is 5.32 Å². The first-order chi connectivity index (χ1) is 11.4. The molecule has 0 spiro atoms. The Balaban J connectivity index is 2.68. The summed E-state index contributed by atoms with van der Waals surface area (Å²) < 4.78 is 10.7. The van der Waals surface area contributed by atoms with E-state index >= 15 is 0 Å². The van der Waals surface area contributed by atoms with Crippen LogP contribution in [0, 0.1) is 0 Å². The van der Waals surface area contributed by atoms with Crippen molar-refractivity contribution in [1.29, 1.82) is 0 Å². The number of nitrogens with one attached hydrogen (secondary N) is 1. The van der Waals surface area contributed by atoms with Crippen LogP contribution in [-0.4, -0.2) is 29.2 Å². The molecule has 1 rings (SSSR count). The van der Waals surface area contributed by atoms with Gasteiger partial charge >= 0.3 is 11.9 Å². The van der Waals surface area contributed by atoms with Crippen LogP contribution in [0.15, 0.2) is 30.3 Å². The van der Waals surface area contributed by atoms with Crippen LogP contribution < -0.4 is 5.32 Å². The SMILES string of the molecule is CC(C)(C)OC(=O)CC(CC(=O)OC(C)(C)C)NCc1ccccc1. The molecule has 5 nitrogen and oxygen atoms in total. The predicted octanol–water partition coefficient (Wildman–Crippen LogP) is 3.61. The van der Waals surface area contributed by atoms with Gasteiger partial charge in [-0.25, -0.2) is 0 Å². The Labute approximate surface area is 151 Å². The Hall–Kier alpha value is -1.88. The van der Waals surface area contributed by atoms with Gasteiger partial charge in [-0.2, -0.15) is 0 Å². The topological polar surface area (TPSA) is 64.6 Å². The van der Waals surface area contributed by atoms with Gasteiger partial charge in [0, 0.05) is 12.6 Å². The maximum atomic E-state index is 12.1. The molecule has 1 aromatic carbocycles. The molecule has 0 unspecified atom stereocenters. The van der Waals surface area contributed by atoms with E-state index in [0.29, 0.717) is 6.54 Å². The first kappa shape index (κ1) is 21.2. The molecule has 0 atom stereocenters. The first-order valence-electron chi connectivity index (χ1n) is 8.65. The Morgan fingerprint density at radius 3 is 1.72 bits per heavy atom. The fraction of sp³-hybridized carbons (Fsp3) is 0.600. The Morgan fingerprint density at radius 2 is 1.32 bits per heavy atom. The molecule has 0 amide bonds. The molecule has 0 aromatic heterocycles. The van der Waals surface area contributed by atoms with Gasteiger partial charge in [0.2, 0.25) is 0 Å². The van der Waals surface area contributed by atoms with E-state index in [1.54, 1.807) is 0 Å². The second-order valence-electron chi connectivity index (χ2n) is 8.14. The molecule has 25 heavy (non-hydrogen) atoms. The van der Waals surface area contributed by atoms with Crippen LogP contribution in [-0.2, 0) is 25.6 Å². The number of carbonyl (C=O) groups is 2. The van der Waals surface area contributed by atoms with Gasteiger partial charge in [-0.15, -0.1) is 0 Å². The van der Waals surface area contributed by atoms with Crippen LogP contribution in [0.1, 0.15) is 59.9 Å². The quantitative estimate of drug-likeness (QED) is 0.762. The van der Waals surface area contributed by atoms with Crippen LogP contribution in [0.25, 0.3) is 0 Å². The van der Waals surface area contributed by atoms with E-state index in [0.717, 1.165) is 5.56 Å². The van der Waals surface area contributed by atoms with Gasteiger partial charge in [-0.05, 0) is 47.1 Å². The zero-order chi connectivity index (χ0) is 19.1. The number of carbonyl (C=O) groups excluding carboxylic acids is 2. The number of benzene rings is 1. The Morgan fingerprint density at radius 1 is 0.880 bits per heavy atom. The maximum absolute atomic E-state index is 12.1. The minimum Gasteiger partial charge on any atom is -0.460 e. The lowest BCUT2D eigenvalue weighted by Gasteiger charge is -2.24. The van der Waals surface area contributed by atoms with Crippen LogP contribution in [0.4, 0.5) is 0 Å². The van der Waals surface area contributed by atoms with Crippen molar-refractivity contribution >= 4 is 11.9 Å². The van der Waals surface area contributed by atoms with Gasteiger partial charge in [-0.1, -0.05) is 30.3 Å². The number of hydrogen-bond acceptors (Lipinski definition) is 5. The molecule has 140 valence electrons. The molecule has 5 heteroatoms. The second kappa shape index (κ2) is 8.99. The smallest absolute Gasteiger partial charge is 0.307 e. The maximum Gasteiger partial charge on any atom is 0.307 e. The molecular weight excluding hydrogens is 318 g/mol. The van der Waals surface area contributed by atoms with Crippen molar-refractivity contribution in [3.63, 3.8) is 0 Å². The minimum atomic E-state index is -0.549. The average Bonchev–Trinajstić information content (AvgIpc) is 2.41. The third-order valence-electron chi connectivity index (χ3n) is 3.10. The Kier molecular flexibility index (Phi) is 7.61. The zero-order valence-corrected chi connectivity index (χ0v) is 16.2.